The highest BCUT2D eigenvalue weighted by atomic mass is 16.5. The minimum Gasteiger partial charge on any atom is -0.482 e. The summed E-state index contributed by atoms with van der Waals surface area (Å²) < 4.78 is 6.06. The van der Waals surface area contributed by atoms with Crippen LogP contribution in [0.4, 0.5) is 0 Å². The van der Waals surface area contributed by atoms with Crippen LogP contribution >= 0.6 is 0 Å². The first kappa shape index (κ1) is 18.0. The summed E-state index contributed by atoms with van der Waals surface area (Å²) in [6, 6.07) is 27.4. The molecule has 0 aliphatic heterocycles. The smallest absolute Gasteiger partial charge is 0.142 e. The molecule has 2 heteroatoms. The fourth-order valence-corrected chi connectivity index (χ4v) is 3.14. The molecule has 0 saturated carbocycles. The van der Waals surface area contributed by atoms with Crippen molar-refractivity contribution >= 4 is 0 Å². The standard InChI is InChI=1S/C24H24O2/c1-3-23(19-11-7-5-8-12-19)26-22-17-15-21(16-18-22)24(25,4-2)20-13-9-6-10-14-20/h3,5-18,23,25H,1,4H2,2H3. The van der Waals surface area contributed by atoms with E-state index in [1.807, 2.05) is 91.9 Å². The normalized spacial score (nSPS) is 14.2. The van der Waals surface area contributed by atoms with E-state index in [4.69, 9.17) is 4.74 Å². The fraction of sp³-hybridized carbons (Fsp3) is 0.167. The van der Waals surface area contributed by atoms with Gasteiger partial charge in [0.25, 0.3) is 0 Å². The van der Waals surface area contributed by atoms with Crippen molar-refractivity contribution in [3.8, 4) is 5.75 Å². The first-order valence-corrected chi connectivity index (χ1v) is 8.90. The molecular formula is C24H24O2. The Morgan fingerprint density at radius 1 is 0.885 bits per heavy atom. The van der Waals surface area contributed by atoms with Gasteiger partial charge in [-0.05, 0) is 41.3 Å². The zero-order valence-corrected chi connectivity index (χ0v) is 15.0. The van der Waals surface area contributed by atoms with E-state index in [0.717, 1.165) is 22.4 Å². The molecule has 2 nitrogen and oxygen atoms in total. The van der Waals surface area contributed by atoms with E-state index in [1.165, 1.54) is 0 Å². The molecule has 3 rings (SSSR count). The molecule has 132 valence electrons. The molecule has 2 atom stereocenters. The molecule has 0 spiro atoms. The van der Waals surface area contributed by atoms with Crippen molar-refractivity contribution in [1.82, 2.24) is 0 Å². The average Bonchev–Trinajstić information content (AvgIpc) is 2.73. The van der Waals surface area contributed by atoms with Crippen LogP contribution in [0, 0.1) is 0 Å². The van der Waals surface area contributed by atoms with Gasteiger partial charge in [0.15, 0.2) is 0 Å². The molecule has 0 aliphatic rings. The fourth-order valence-electron chi connectivity index (χ4n) is 3.14. The summed E-state index contributed by atoms with van der Waals surface area (Å²) in [5.74, 6) is 0.744. The van der Waals surface area contributed by atoms with Crippen LogP contribution in [0.2, 0.25) is 0 Å². The second-order valence-electron chi connectivity index (χ2n) is 6.29. The Kier molecular flexibility index (Phi) is 5.55. The highest BCUT2D eigenvalue weighted by Gasteiger charge is 2.29. The second kappa shape index (κ2) is 8.03. The van der Waals surface area contributed by atoms with E-state index in [9.17, 15) is 5.11 Å². The Morgan fingerprint density at radius 3 is 1.96 bits per heavy atom. The lowest BCUT2D eigenvalue weighted by Gasteiger charge is -2.28. The third kappa shape index (κ3) is 3.71. The van der Waals surface area contributed by atoms with Crippen LogP contribution in [0.5, 0.6) is 5.75 Å². The summed E-state index contributed by atoms with van der Waals surface area (Å²) in [6.07, 6.45) is 2.17. The van der Waals surface area contributed by atoms with Gasteiger partial charge in [-0.3, -0.25) is 0 Å². The highest BCUT2D eigenvalue weighted by molar-refractivity contribution is 5.39. The highest BCUT2D eigenvalue weighted by Crippen LogP contribution is 2.34. The van der Waals surface area contributed by atoms with Crippen molar-refractivity contribution in [2.45, 2.75) is 25.0 Å². The quantitative estimate of drug-likeness (QED) is 0.562. The summed E-state index contributed by atoms with van der Waals surface area (Å²) in [4.78, 5) is 0. The molecule has 0 aliphatic carbocycles. The van der Waals surface area contributed by atoms with Crippen LogP contribution in [0.25, 0.3) is 0 Å². The van der Waals surface area contributed by atoms with Gasteiger partial charge in [-0.15, -0.1) is 0 Å². The third-order valence-electron chi connectivity index (χ3n) is 4.70. The molecule has 0 heterocycles. The number of benzene rings is 3. The van der Waals surface area contributed by atoms with Gasteiger partial charge >= 0.3 is 0 Å². The SMILES string of the molecule is C=CC(Oc1ccc(C(O)(CC)c2ccccc2)cc1)c1ccccc1. The Hall–Kier alpha value is -2.84. The van der Waals surface area contributed by atoms with Gasteiger partial charge in [-0.1, -0.05) is 86.3 Å². The minimum absolute atomic E-state index is 0.207. The predicted molar refractivity (Wildman–Crippen MR) is 106 cm³/mol. The van der Waals surface area contributed by atoms with Crippen LogP contribution in [0.15, 0.2) is 97.6 Å². The summed E-state index contributed by atoms with van der Waals surface area (Å²) >= 11 is 0. The monoisotopic (exact) mass is 344 g/mol. The number of ether oxygens (including phenoxy) is 1. The second-order valence-corrected chi connectivity index (χ2v) is 6.29. The number of hydrogen-bond donors (Lipinski definition) is 1. The molecule has 0 saturated heterocycles. The average molecular weight is 344 g/mol. The molecule has 3 aromatic carbocycles. The lowest BCUT2D eigenvalue weighted by Crippen LogP contribution is -2.26. The Morgan fingerprint density at radius 2 is 1.42 bits per heavy atom. The van der Waals surface area contributed by atoms with E-state index >= 15 is 0 Å². The zero-order valence-electron chi connectivity index (χ0n) is 15.0. The third-order valence-corrected chi connectivity index (χ3v) is 4.70. The molecule has 0 amide bonds. The molecule has 1 N–H and O–H groups in total. The van der Waals surface area contributed by atoms with Crippen molar-refractivity contribution < 1.29 is 9.84 Å². The molecular weight excluding hydrogens is 320 g/mol. The van der Waals surface area contributed by atoms with Crippen LogP contribution in [0.3, 0.4) is 0 Å². The van der Waals surface area contributed by atoms with E-state index < -0.39 is 5.60 Å². The van der Waals surface area contributed by atoms with Crippen molar-refractivity contribution in [2.75, 3.05) is 0 Å². The maximum absolute atomic E-state index is 11.2. The summed E-state index contributed by atoms with van der Waals surface area (Å²) in [6.45, 7) is 5.86. The Bertz CT molecular complexity index is 825. The lowest BCUT2D eigenvalue weighted by molar-refractivity contribution is 0.0764. The van der Waals surface area contributed by atoms with E-state index in [0.29, 0.717) is 6.42 Å². The van der Waals surface area contributed by atoms with E-state index in [2.05, 4.69) is 6.58 Å². The van der Waals surface area contributed by atoms with Crippen molar-refractivity contribution in [3.63, 3.8) is 0 Å². The van der Waals surface area contributed by atoms with Crippen LogP contribution in [0.1, 0.15) is 36.1 Å². The van der Waals surface area contributed by atoms with Crippen LogP contribution < -0.4 is 4.74 Å². The molecule has 26 heavy (non-hydrogen) atoms. The van der Waals surface area contributed by atoms with Gasteiger partial charge in [-0.2, -0.15) is 0 Å². The molecule has 2 unspecified atom stereocenters. The van der Waals surface area contributed by atoms with E-state index in [-0.39, 0.29) is 6.10 Å². The lowest BCUT2D eigenvalue weighted by atomic mass is 9.84. The minimum atomic E-state index is -1.00. The van der Waals surface area contributed by atoms with Gasteiger partial charge in [-0.25, -0.2) is 0 Å². The first-order valence-electron chi connectivity index (χ1n) is 8.90. The molecule has 0 aromatic heterocycles. The van der Waals surface area contributed by atoms with Gasteiger partial charge in [0.05, 0.1) is 0 Å². The largest absolute Gasteiger partial charge is 0.482 e. The molecule has 0 fully saturated rings. The van der Waals surface area contributed by atoms with E-state index in [1.54, 1.807) is 6.08 Å². The van der Waals surface area contributed by atoms with Gasteiger partial charge in [0.2, 0.25) is 0 Å². The summed E-state index contributed by atoms with van der Waals surface area (Å²) in [5.41, 5.74) is 1.80. The molecule has 0 radical (unpaired) electrons. The summed E-state index contributed by atoms with van der Waals surface area (Å²) in [7, 11) is 0. The van der Waals surface area contributed by atoms with Gasteiger partial charge in [0, 0.05) is 0 Å². The molecule has 0 bridgehead atoms. The summed E-state index contributed by atoms with van der Waals surface area (Å²) in [5, 5.41) is 11.2. The topological polar surface area (TPSA) is 29.5 Å². The van der Waals surface area contributed by atoms with Crippen molar-refractivity contribution in [2.24, 2.45) is 0 Å². The maximum Gasteiger partial charge on any atom is 0.142 e. The first-order chi connectivity index (χ1) is 12.7. The predicted octanol–water partition coefficient (Wildman–Crippen LogP) is 5.64. The zero-order chi connectivity index (χ0) is 18.4. The van der Waals surface area contributed by atoms with Gasteiger partial charge in [0.1, 0.15) is 17.5 Å². The van der Waals surface area contributed by atoms with Gasteiger partial charge < -0.3 is 9.84 Å². The van der Waals surface area contributed by atoms with Crippen LogP contribution in [-0.2, 0) is 5.60 Å². The number of rotatable bonds is 7. The Labute approximate surface area is 155 Å². The Balaban J connectivity index is 1.83. The molecule has 3 aromatic rings. The number of aliphatic hydroxyl groups is 1. The maximum atomic E-state index is 11.2. The van der Waals surface area contributed by atoms with Crippen LogP contribution in [-0.4, -0.2) is 5.11 Å². The van der Waals surface area contributed by atoms with Crippen molar-refractivity contribution in [3.05, 3.63) is 114 Å². The number of hydrogen-bond acceptors (Lipinski definition) is 2. The van der Waals surface area contributed by atoms with Crippen molar-refractivity contribution in [1.29, 1.82) is 0 Å².